The number of hydrogen-bond donors (Lipinski definition) is 3. The van der Waals surface area contributed by atoms with Crippen molar-refractivity contribution in [2.45, 2.75) is 29.9 Å². The number of furan rings is 1. The van der Waals surface area contributed by atoms with Crippen molar-refractivity contribution < 1.29 is 23.5 Å². The van der Waals surface area contributed by atoms with E-state index in [1.54, 1.807) is 42.5 Å². The Hall–Kier alpha value is -5.84. The Labute approximate surface area is 327 Å². The number of unbranched alkanes of at least 4 members (excludes halogenated alkanes) is 1. The predicted molar refractivity (Wildman–Crippen MR) is 219 cm³/mol. The molecule has 5 aromatic carbocycles. The standard InChI is InChI=1S/C44H38BrN3O5S/c1-2-3-28-52-36-22-18-34(19-23-36)47-44(51)41(31-10-6-4-7-11-31)54-38-25-20-35(21-26-38)46-43(50)39(48-42(49)32-12-8-5-9-13-32)29-37-24-27-40(53-37)30-14-16-33(45)17-15-30/h4-27,29,41H,2-3,28H2,1H3,(H,46,50)(H,47,51)(H,48,49)/b39-29-/t41-/m0/s1. The normalized spacial score (nSPS) is 11.7. The van der Waals surface area contributed by atoms with E-state index in [-0.39, 0.29) is 11.6 Å². The number of carbonyl (C=O) groups is 3. The molecule has 3 N–H and O–H groups in total. The third-order valence-electron chi connectivity index (χ3n) is 8.17. The van der Waals surface area contributed by atoms with Gasteiger partial charge in [-0.15, -0.1) is 11.8 Å². The number of halogens is 1. The highest BCUT2D eigenvalue weighted by Crippen LogP contribution is 2.37. The van der Waals surface area contributed by atoms with Gasteiger partial charge in [0.2, 0.25) is 5.91 Å². The van der Waals surface area contributed by atoms with Crippen LogP contribution in [0.5, 0.6) is 5.75 Å². The number of ether oxygens (including phenoxy) is 1. The maximum Gasteiger partial charge on any atom is 0.272 e. The molecule has 0 saturated carbocycles. The Balaban J connectivity index is 1.16. The van der Waals surface area contributed by atoms with Gasteiger partial charge in [0.1, 0.15) is 28.2 Å². The van der Waals surface area contributed by atoms with Crippen molar-refractivity contribution in [3.8, 4) is 17.1 Å². The zero-order valence-electron chi connectivity index (χ0n) is 29.5. The van der Waals surface area contributed by atoms with E-state index in [2.05, 4.69) is 38.8 Å². The first kappa shape index (κ1) is 37.9. The van der Waals surface area contributed by atoms with Crippen LogP contribution in [-0.4, -0.2) is 24.3 Å². The van der Waals surface area contributed by atoms with Gasteiger partial charge in [0, 0.05) is 37.9 Å². The summed E-state index contributed by atoms with van der Waals surface area (Å²) in [5.74, 6) is 0.613. The fourth-order valence-electron chi connectivity index (χ4n) is 5.31. The topological polar surface area (TPSA) is 110 Å². The van der Waals surface area contributed by atoms with Crippen molar-refractivity contribution in [2.75, 3.05) is 17.2 Å². The molecule has 272 valence electrons. The number of anilines is 2. The van der Waals surface area contributed by atoms with E-state index in [4.69, 9.17) is 9.15 Å². The fraction of sp³-hybridized carbons (Fsp3) is 0.114. The van der Waals surface area contributed by atoms with Gasteiger partial charge in [-0.25, -0.2) is 0 Å². The van der Waals surface area contributed by atoms with Crippen LogP contribution in [0.15, 0.2) is 165 Å². The summed E-state index contributed by atoms with van der Waals surface area (Å²) in [5.41, 5.74) is 3.29. The summed E-state index contributed by atoms with van der Waals surface area (Å²) in [5, 5.41) is 8.13. The molecule has 0 aliphatic carbocycles. The highest BCUT2D eigenvalue weighted by molar-refractivity contribution is 9.10. The fourth-order valence-corrected chi connectivity index (χ4v) is 6.60. The number of rotatable bonds is 15. The van der Waals surface area contributed by atoms with Crippen molar-refractivity contribution in [3.05, 3.63) is 173 Å². The molecule has 6 aromatic rings. The lowest BCUT2D eigenvalue weighted by Crippen LogP contribution is -2.30. The summed E-state index contributed by atoms with van der Waals surface area (Å²) in [6.45, 7) is 2.77. The van der Waals surface area contributed by atoms with Crippen molar-refractivity contribution >= 4 is 62.9 Å². The molecule has 0 bridgehead atoms. The van der Waals surface area contributed by atoms with Crippen molar-refractivity contribution in [2.24, 2.45) is 0 Å². The maximum absolute atomic E-state index is 13.7. The molecule has 54 heavy (non-hydrogen) atoms. The smallest absolute Gasteiger partial charge is 0.272 e. The molecule has 0 saturated heterocycles. The summed E-state index contributed by atoms with van der Waals surface area (Å²) in [6, 6.07) is 44.0. The van der Waals surface area contributed by atoms with E-state index in [1.807, 2.05) is 103 Å². The lowest BCUT2D eigenvalue weighted by atomic mass is 10.1. The zero-order valence-corrected chi connectivity index (χ0v) is 31.9. The maximum atomic E-state index is 13.7. The molecule has 3 amide bonds. The molecular weight excluding hydrogens is 762 g/mol. The molecule has 1 heterocycles. The van der Waals surface area contributed by atoms with Gasteiger partial charge in [-0.3, -0.25) is 14.4 Å². The first-order valence-electron chi connectivity index (χ1n) is 17.5. The Morgan fingerprint density at radius 2 is 1.41 bits per heavy atom. The average molecular weight is 801 g/mol. The number of carbonyl (C=O) groups excluding carboxylic acids is 3. The molecule has 0 radical (unpaired) electrons. The molecule has 0 fully saturated rings. The second-order valence-electron chi connectivity index (χ2n) is 12.2. The third-order valence-corrected chi connectivity index (χ3v) is 9.96. The van der Waals surface area contributed by atoms with Crippen LogP contribution in [0, 0.1) is 0 Å². The SMILES string of the molecule is CCCCOc1ccc(NC(=O)[C@@H](Sc2ccc(NC(=O)/C(=C/c3ccc(-c4ccc(Br)cc4)o3)NC(=O)c3ccccc3)cc2)c2ccccc2)cc1. The largest absolute Gasteiger partial charge is 0.494 e. The van der Waals surface area contributed by atoms with Crippen molar-refractivity contribution in [1.29, 1.82) is 0 Å². The van der Waals surface area contributed by atoms with Crippen molar-refractivity contribution in [1.82, 2.24) is 5.32 Å². The third kappa shape index (κ3) is 10.6. The summed E-state index contributed by atoms with van der Waals surface area (Å²) in [4.78, 5) is 41.3. The number of benzene rings is 5. The van der Waals surface area contributed by atoms with Crippen LogP contribution < -0.4 is 20.7 Å². The van der Waals surface area contributed by atoms with Crippen LogP contribution in [0.25, 0.3) is 17.4 Å². The van der Waals surface area contributed by atoms with E-state index in [9.17, 15) is 14.4 Å². The molecule has 6 rings (SSSR count). The minimum Gasteiger partial charge on any atom is -0.494 e. The monoisotopic (exact) mass is 799 g/mol. The van der Waals surface area contributed by atoms with Crippen molar-refractivity contribution in [3.63, 3.8) is 0 Å². The van der Waals surface area contributed by atoms with Gasteiger partial charge in [0.15, 0.2) is 0 Å². The van der Waals surface area contributed by atoms with E-state index in [0.717, 1.165) is 39.1 Å². The van der Waals surface area contributed by atoms with Crippen LogP contribution in [0.1, 0.15) is 46.7 Å². The summed E-state index contributed by atoms with van der Waals surface area (Å²) in [7, 11) is 0. The van der Waals surface area contributed by atoms with Gasteiger partial charge >= 0.3 is 0 Å². The van der Waals surface area contributed by atoms with Crippen LogP contribution in [0.2, 0.25) is 0 Å². The molecular formula is C44H38BrN3O5S. The Morgan fingerprint density at radius 3 is 2.09 bits per heavy atom. The van der Waals surface area contributed by atoms with E-state index in [1.165, 1.54) is 17.8 Å². The Morgan fingerprint density at radius 1 is 0.759 bits per heavy atom. The van der Waals surface area contributed by atoms with Crippen LogP contribution in [-0.2, 0) is 9.59 Å². The van der Waals surface area contributed by atoms with Gasteiger partial charge in [-0.05, 0) is 96.9 Å². The van der Waals surface area contributed by atoms with E-state index >= 15 is 0 Å². The molecule has 0 spiro atoms. The van der Waals surface area contributed by atoms with E-state index < -0.39 is 17.1 Å². The van der Waals surface area contributed by atoms with Gasteiger partial charge in [0.25, 0.3) is 11.8 Å². The number of hydrogen-bond acceptors (Lipinski definition) is 6. The second-order valence-corrected chi connectivity index (χ2v) is 14.3. The van der Waals surface area contributed by atoms with E-state index in [0.29, 0.717) is 35.1 Å². The molecule has 0 aliphatic rings. The second kappa shape index (κ2) is 18.8. The summed E-state index contributed by atoms with van der Waals surface area (Å²) >= 11 is 4.84. The highest BCUT2D eigenvalue weighted by Gasteiger charge is 2.23. The molecule has 10 heteroatoms. The molecule has 1 aromatic heterocycles. The lowest BCUT2D eigenvalue weighted by molar-refractivity contribution is -0.116. The van der Waals surface area contributed by atoms with Crippen LogP contribution >= 0.6 is 27.7 Å². The van der Waals surface area contributed by atoms with Gasteiger partial charge in [-0.2, -0.15) is 0 Å². The minimum absolute atomic E-state index is 0.000350. The Kier molecular flexibility index (Phi) is 13.2. The molecule has 8 nitrogen and oxygen atoms in total. The van der Waals surface area contributed by atoms with Gasteiger partial charge < -0.3 is 25.1 Å². The average Bonchev–Trinajstić information content (AvgIpc) is 3.67. The first-order valence-corrected chi connectivity index (χ1v) is 19.1. The lowest BCUT2D eigenvalue weighted by Gasteiger charge is -2.18. The first-order chi connectivity index (χ1) is 26.3. The highest BCUT2D eigenvalue weighted by atomic mass is 79.9. The summed E-state index contributed by atoms with van der Waals surface area (Å²) < 4.78 is 12.7. The quantitative estimate of drug-likeness (QED) is 0.0542. The molecule has 0 aliphatic heterocycles. The Bertz CT molecular complexity index is 2190. The van der Waals surface area contributed by atoms with Gasteiger partial charge in [0.05, 0.1) is 6.61 Å². The van der Waals surface area contributed by atoms with Crippen LogP contribution in [0.3, 0.4) is 0 Å². The predicted octanol–water partition coefficient (Wildman–Crippen LogP) is 10.8. The molecule has 1 atom stereocenters. The summed E-state index contributed by atoms with van der Waals surface area (Å²) in [6.07, 6.45) is 3.53. The van der Waals surface area contributed by atoms with Gasteiger partial charge in [-0.1, -0.05) is 89.9 Å². The van der Waals surface area contributed by atoms with Crippen LogP contribution in [0.4, 0.5) is 11.4 Å². The zero-order chi connectivity index (χ0) is 37.7. The number of amides is 3. The number of thioether (sulfide) groups is 1. The molecule has 0 unspecified atom stereocenters. The minimum atomic E-state index is -0.551. The number of nitrogens with one attached hydrogen (secondary N) is 3.